The molecule has 2 N–H and O–H groups in total. The summed E-state index contributed by atoms with van der Waals surface area (Å²) < 4.78 is 0. The number of aromatic nitrogens is 1. The zero-order valence-corrected chi connectivity index (χ0v) is 11.8. The van der Waals surface area contributed by atoms with Crippen molar-refractivity contribution in [3.63, 3.8) is 0 Å². The van der Waals surface area contributed by atoms with E-state index >= 15 is 0 Å². The van der Waals surface area contributed by atoms with E-state index in [1.54, 1.807) is 0 Å². The Balaban J connectivity index is 1.98. The monoisotopic (exact) mass is 294 g/mol. The fourth-order valence-corrected chi connectivity index (χ4v) is 2.23. The molecule has 1 fully saturated rings. The minimum atomic E-state index is -1.33. The van der Waals surface area contributed by atoms with Crippen molar-refractivity contribution in [3.05, 3.63) is 27.9 Å². The predicted molar refractivity (Wildman–Crippen MR) is 76.6 cm³/mol. The smallest absolute Gasteiger partial charge is 0.342 e. The fraction of sp³-hybridized carbons (Fsp3) is 0.538. The molecule has 0 atom stereocenters. The number of hydrogen-bond donors (Lipinski definition) is 2. The molecule has 0 radical (unpaired) electrons. The van der Waals surface area contributed by atoms with E-state index in [1.807, 2.05) is 0 Å². The minimum absolute atomic E-state index is 0.338. The number of pyridine rings is 1. The molecule has 1 aliphatic rings. The Kier molecular flexibility index (Phi) is 4.69. The lowest BCUT2D eigenvalue weighted by atomic mass is 10.2. The van der Waals surface area contributed by atoms with Crippen LogP contribution in [-0.4, -0.2) is 51.6 Å². The molecule has 0 unspecified atom stereocenters. The molecule has 1 heterocycles. The molecule has 21 heavy (non-hydrogen) atoms. The molecular weight excluding hydrogens is 276 g/mol. The van der Waals surface area contributed by atoms with Crippen LogP contribution in [0.15, 0.2) is 12.3 Å². The third kappa shape index (κ3) is 3.88. The van der Waals surface area contributed by atoms with Crippen LogP contribution in [0, 0.1) is 10.1 Å². The van der Waals surface area contributed by atoms with Crippen LogP contribution in [0.4, 0.5) is 11.5 Å². The molecule has 1 saturated carbocycles. The summed E-state index contributed by atoms with van der Waals surface area (Å²) >= 11 is 0. The molecule has 0 spiro atoms. The highest BCUT2D eigenvalue weighted by Crippen LogP contribution is 2.26. The standard InChI is InChI=1S/C13H18N4O4/c1-2-16(9-3-4-9)6-5-14-12-7-10(13(18)19)11(8-15-12)17(20)21/h7-9H,2-6H2,1H3,(H,14,15)(H,18,19). The van der Waals surface area contributed by atoms with E-state index in [-0.39, 0.29) is 5.56 Å². The number of nitrogens with zero attached hydrogens (tertiary/aromatic N) is 3. The Hall–Kier alpha value is -2.22. The molecule has 114 valence electrons. The second-order valence-electron chi connectivity index (χ2n) is 4.94. The van der Waals surface area contributed by atoms with E-state index < -0.39 is 16.6 Å². The van der Waals surface area contributed by atoms with Gasteiger partial charge < -0.3 is 10.4 Å². The predicted octanol–water partition coefficient (Wildman–Crippen LogP) is 1.58. The number of likely N-dealkylation sites (N-methyl/N-ethyl adjacent to an activating group) is 1. The SMILES string of the molecule is CCN(CCNc1cc(C(=O)O)c([N+](=O)[O-])cn1)C1CC1. The number of hydrogen-bond acceptors (Lipinski definition) is 6. The molecule has 8 nitrogen and oxygen atoms in total. The van der Waals surface area contributed by atoms with Crippen LogP contribution in [0.3, 0.4) is 0 Å². The summed E-state index contributed by atoms with van der Waals surface area (Å²) in [7, 11) is 0. The molecule has 0 bridgehead atoms. The second-order valence-corrected chi connectivity index (χ2v) is 4.94. The summed E-state index contributed by atoms with van der Waals surface area (Å²) in [5, 5.41) is 22.8. The first-order valence-corrected chi connectivity index (χ1v) is 6.88. The molecule has 0 amide bonds. The molecule has 1 aromatic rings. The number of carbonyl (C=O) groups is 1. The average Bonchev–Trinajstić information content (AvgIpc) is 3.27. The minimum Gasteiger partial charge on any atom is -0.477 e. The number of carboxylic acids is 1. The molecule has 8 heteroatoms. The lowest BCUT2D eigenvalue weighted by Gasteiger charge is -2.19. The molecule has 0 aromatic carbocycles. The van der Waals surface area contributed by atoms with Crippen molar-refractivity contribution in [2.45, 2.75) is 25.8 Å². The van der Waals surface area contributed by atoms with Gasteiger partial charge in [0.25, 0.3) is 0 Å². The first kappa shape index (κ1) is 15.2. The van der Waals surface area contributed by atoms with Gasteiger partial charge in [-0.15, -0.1) is 0 Å². The van der Waals surface area contributed by atoms with Gasteiger partial charge in [-0.3, -0.25) is 15.0 Å². The molecule has 0 saturated heterocycles. The van der Waals surface area contributed by atoms with Crippen LogP contribution in [0.1, 0.15) is 30.1 Å². The van der Waals surface area contributed by atoms with Crippen molar-refractivity contribution in [1.82, 2.24) is 9.88 Å². The Bertz CT molecular complexity index is 545. The summed E-state index contributed by atoms with van der Waals surface area (Å²) in [4.78, 5) is 27.3. The third-order valence-corrected chi connectivity index (χ3v) is 3.48. The normalized spacial score (nSPS) is 14.2. The van der Waals surface area contributed by atoms with Crippen LogP contribution in [0.5, 0.6) is 0 Å². The molecular formula is C13H18N4O4. The van der Waals surface area contributed by atoms with E-state index in [1.165, 1.54) is 18.9 Å². The summed E-state index contributed by atoms with van der Waals surface area (Å²) in [5.74, 6) is -0.995. The van der Waals surface area contributed by atoms with Crippen molar-refractivity contribution in [1.29, 1.82) is 0 Å². The van der Waals surface area contributed by atoms with E-state index in [2.05, 4.69) is 22.1 Å². The van der Waals surface area contributed by atoms with Gasteiger partial charge in [0.15, 0.2) is 0 Å². The number of nitro groups is 1. The lowest BCUT2D eigenvalue weighted by Crippen LogP contribution is -2.31. The van der Waals surface area contributed by atoms with Crippen LogP contribution in [0.25, 0.3) is 0 Å². The lowest BCUT2D eigenvalue weighted by molar-refractivity contribution is -0.385. The van der Waals surface area contributed by atoms with E-state index in [0.717, 1.165) is 19.3 Å². The van der Waals surface area contributed by atoms with Crippen LogP contribution in [0.2, 0.25) is 0 Å². The molecule has 1 aliphatic carbocycles. The van der Waals surface area contributed by atoms with Crippen LogP contribution >= 0.6 is 0 Å². The Morgan fingerprint density at radius 3 is 2.86 bits per heavy atom. The second kappa shape index (κ2) is 6.49. The Morgan fingerprint density at radius 1 is 1.62 bits per heavy atom. The van der Waals surface area contributed by atoms with Crippen LogP contribution < -0.4 is 5.32 Å². The highest BCUT2D eigenvalue weighted by atomic mass is 16.6. The van der Waals surface area contributed by atoms with Gasteiger partial charge in [-0.25, -0.2) is 9.78 Å². The van der Waals surface area contributed by atoms with Gasteiger partial charge in [0.2, 0.25) is 0 Å². The van der Waals surface area contributed by atoms with Crippen molar-refractivity contribution in [2.75, 3.05) is 25.0 Å². The maximum absolute atomic E-state index is 11.0. The van der Waals surface area contributed by atoms with E-state index in [4.69, 9.17) is 5.11 Å². The van der Waals surface area contributed by atoms with Gasteiger partial charge in [-0.2, -0.15) is 0 Å². The van der Waals surface area contributed by atoms with Crippen LogP contribution in [-0.2, 0) is 0 Å². The highest BCUT2D eigenvalue weighted by molar-refractivity contribution is 5.93. The van der Waals surface area contributed by atoms with Gasteiger partial charge in [-0.05, 0) is 19.4 Å². The maximum atomic E-state index is 11.0. The fourth-order valence-electron chi connectivity index (χ4n) is 2.23. The average molecular weight is 294 g/mol. The van der Waals surface area contributed by atoms with Crippen molar-refractivity contribution < 1.29 is 14.8 Å². The zero-order valence-electron chi connectivity index (χ0n) is 11.8. The third-order valence-electron chi connectivity index (χ3n) is 3.48. The van der Waals surface area contributed by atoms with Crippen molar-refractivity contribution in [3.8, 4) is 0 Å². The number of carboxylic acid groups (broad SMARTS) is 1. The number of nitrogens with one attached hydrogen (secondary N) is 1. The summed E-state index contributed by atoms with van der Waals surface area (Å²) in [5.41, 5.74) is -0.853. The molecule has 1 aromatic heterocycles. The summed E-state index contributed by atoms with van der Waals surface area (Å²) in [6.45, 7) is 4.53. The van der Waals surface area contributed by atoms with Gasteiger partial charge >= 0.3 is 11.7 Å². The van der Waals surface area contributed by atoms with Gasteiger partial charge in [-0.1, -0.05) is 6.92 Å². The number of aromatic carboxylic acids is 1. The van der Waals surface area contributed by atoms with Crippen molar-refractivity contribution >= 4 is 17.5 Å². The maximum Gasteiger partial charge on any atom is 0.342 e. The molecule has 2 rings (SSSR count). The molecule has 0 aliphatic heterocycles. The van der Waals surface area contributed by atoms with Gasteiger partial charge in [0.1, 0.15) is 17.6 Å². The van der Waals surface area contributed by atoms with Gasteiger partial charge in [0.05, 0.1) is 4.92 Å². The zero-order chi connectivity index (χ0) is 15.4. The first-order chi connectivity index (χ1) is 10.0. The highest BCUT2D eigenvalue weighted by Gasteiger charge is 2.27. The number of rotatable bonds is 8. The summed E-state index contributed by atoms with van der Waals surface area (Å²) in [6, 6.07) is 1.87. The largest absolute Gasteiger partial charge is 0.477 e. The number of anilines is 1. The van der Waals surface area contributed by atoms with E-state index in [9.17, 15) is 14.9 Å². The topological polar surface area (TPSA) is 109 Å². The quantitative estimate of drug-likeness (QED) is 0.553. The summed E-state index contributed by atoms with van der Waals surface area (Å²) in [6.07, 6.45) is 3.43. The first-order valence-electron chi connectivity index (χ1n) is 6.88. The Morgan fingerprint density at radius 2 is 2.33 bits per heavy atom. The van der Waals surface area contributed by atoms with Gasteiger partial charge in [0, 0.05) is 25.2 Å². The van der Waals surface area contributed by atoms with Crippen molar-refractivity contribution in [2.24, 2.45) is 0 Å². The Labute approximate surface area is 121 Å². The van der Waals surface area contributed by atoms with E-state index in [0.29, 0.717) is 18.4 Å².